The van der Waals surface area contributed by atoms with Gasteiger partial charge in [0.25, 0.3) is 5.91 Å². The van der Waals surface area contributed by atoms with Crippen LogP contribution in [0.5, 0.6) is 5.75 Å². The highest BCUT2D eigenvalue weighted by Crippen LogP contribution is 2.34. The summed E-state index contributed by atoms with van der Waals surface area (Å²) in [5, 5.41) is 6.39. The van der Waals surface area contributed by atoms with Crippen molar-refractivity contribution in [3.63, 3.8) is 0 Å². The maximum Gasteiger partial charge on any atom is 0.416 e. The van der Waals surface area contributed by atoms with E-state index in [2.05, 4.69) is 15.6 Å². The molecule has 1 amide bonds. The minimum Gasteiger partial charge on any atom is -0.492 e. The molecule has 1 fully saturated rings. The zero-order valence-electron chi connectivity index (χ0n) is 17.1. The smallest absolute Gasteiger partial charge is 0.416 e. The monoisotopic (exact) mass is 499 g/mol. The predicted molar refractivity (Wildman–Crippen MR) is 121 cm³/mol. The summed E-state index contributed by atoms with van der Waals surface area (Å²) >= 11 is 1.41. The quantitative estimate of drug-likeness (QED) is 0.593. The van der Waals surface area contributed by atoms with E-state index in [4.69, 9.17) is 4.74 Å². The Kier molecular flexibility index (Phi) is 6.57. The van der Waals surface area contributed by atoms with Crippen molar-refractivity contribution in [2.45, 2.75) is 17.5 Å². The van der Waals surface area contributed by atoms with Crippen LogP contribution in [0.25, 0.3) is 0 Å². The van der Waals surface area contributed by atoms with Crippen molar-refractivity contribution in [3.8, 4) is 5.75 Å². The molecule has 0 unspecified atom stereocenters. The first-order chi connectivity index (χ1) is 15.6. The van der Waals surface area contributed by atoms with Gasteiger partial charge in [0, 0.05) is 16.5 Å². The van der Waals surface area contributed by atoms with E-state index in [-0.39, 0.29) is 47.6 Å². The number of hydrogen-bond acceptors (Lipinski definition) is 7. The highest BCUT2D eigenvalue weighted by atomic mass is 32.2. The molecule has 2 N–H and O–H groups in total. The fourth-order valence-corrected chi connectivity index (χ4v) is 7.12. The fraction of sp³-hybridized carbons (Fsp3) is 0.333. The summed E-state index contributed by atoms with van der Waals surface area (Å²) in [6.45, 7) is 0.135. The van der Waals surface area contributed by atoms with Gasteiger partial charge in [0.1, 0.15) is 12.4 Å². The Balaban J connectivity index is 1.23. The van der Waals surface area contributed by atoms with E-state index < -0.39 is 21.6 Å². The molecule has 2 aromatic carbocycles. The van der Waals surface area contributed by atoms with Crippen LogP contribution in [0.1, 0.15) is 15.9 Å². The number of carbonyl (C=O) groups is 1. The van der Waals surface area contributed by atoms with Gasteiger partial charge in [-0.3, -0.25) is 9.79 Å². The number of fused-ring (bicyclic) bond motifs is 1. The van der Waals surface area contributed by atoms with Crippen LogP contribution in [0.4, 0.5) is 18.9 Å². The van der Waals surface area contributed by atoms with Gasteiger partial charge in [0.05, 0.1) is 29.7 Å². The van der Waals surface area contributed by atoms with Crippen LogP contribution in [-0.2, 0) is 16.0 Å². The zero-order valence-corrected chi connectivity index (χ0v) is 18.8. The Morgan fingerprint density at radius 2 is 1.91 bits per heavy atom. The first-order valence-corrected chi connectivity index (χ1v) is 12.7. The Morgan fingerprint density at radius 3 is 2.61 bits per heavy atom. The van der Waals surface area contributed by atoms with Gasteiger partial charge in [-0.05, 0) is 42.5 Å². The number of sulfone groups is 1. The number of alkyl halides is 3. The van der Waals surface area contributed by atoms with E-state index in [1.54, 1.807) is 24.3 Å². The van der Waals surface area contributed by atoms with Gasteiger partial charge >= 0.3 is 6.18 Å². The van der Waals surface area contributed by atoms with Crippen molar-refractivity contribution in [1.29, 1.82) is 0 Å². The Morgan fingerprint density at radius 1 is 1.15 bits per heavy atom. The molecule has 2 aliphatic rings. The Hall–Kier alpha value is -2.73. The molecular formula is C21H20F3N3O4S2. The summed E-state index contributed by atoms with van der Waals surface area (Å²) in [7, 11) is -3.00. The first kappa shape index (κ1) is 23.4. The molecule has 2 aromatic rings. The molecule has 0 aliphatic carbocycles. The van der Waals surface area contributed by atoms with Gasteiger partial charge in [0.2, 0.25) is 0 Å². The predicted octanol–water partition coefficient (Wildman–Crippen LogP) is 3.19. The van der Waals surface area contributed by atoms with Crippen molar-refractivity contribution in [1.82, 2.24) is 5.32 Å². The largest absolute Gasteiger partial charge is 0.492 e. The molecule has 176 valence electrons. The highest BCUT2D eigenvalue weighted by molar-refractivity contribution is 8.15. The van der Waals surface area contributed by atoms with Crippen LogP contribution in [0, 0.1) is 0 Å². The van der Waals surface area contributed by atoms with Gasteiger partial charge in [0.15, 0.2) is 15.0 Å². The molecule has 0 saturated carbocycles. The number of amides is 1. The second-order valence-electron chi connectivity index (χ2n) is 7.57. The molecule has 4 rings (SSSR count). The van der Waals surface area contributed by atoms with Gasteiger partial charge < -0.3 is 15.4 Å². The first-order valence-electron chi connectivity index (χ1n) is 9.99. The van der Waals surface area contributed by atoms with Crippen LogP contribution < -0.4 is 15.4 Å². The average Bonchev–Trinajstić information content (AvgIpc) is 3.23. The van der Waals surface area contributed by atoms with E-state index in [0.717, 1.165) is 12.1 Å². The molecule has 12 heteroatoms. The normalized spacial score (nSPS) is 21.2. The third kappa shape index (κ3) is 5.99. The third-order valence-electron chi connectivity index (χ3n) is 5.03. The van der Waals surface area contributed by atoms with Crippen LogP contribution in [-0.4, -0.2) is 55.4 Å². The molecule has 1 saturated heterocycles. The van der Waals surface area contributed by atoms with E-state index in [0.29, 0.717) is 16.4 Å². The van der Waals surface area contributed by atoms with Gasteiger partial charge in [-0.25, -0.2) is 8.42 Å². The minimum atomic E-state index is -4.45. The van der Waals surface area contributed by atoms with Crippen molar-refractivity contribution < 1.29 is 31.1 Å². The molecule has 7 nitrogen and oxygen atoms in total. The Bertz CT molecular complexity index is 1170. The molecule has 0 spiro atoms. The average molecular weight is 500 g/mol. The number of halogens is 3. The second kappa shape index (κ2) is 9.26. The van der Waals surface area contributed by atoms with Crippen LogP contribution >= 0.6 is 11.8 Å². The number of aliphatic imine (C=N–C) groups is 1. The lowest BCUT2D eigenvalue weighted by atomic mass is 10.2. The molecular weight excluding hydrogens is 479 g/mol. The number of carbonyl (C=O) groups excluding carboxylic acids is 1. The number of nitrogens with one attached hydrogen (secondary N) is 2. The van der Waals surface area contributed by atoms with E-state index in [1.165, 1.54) is 23.9 Å². The number of hydrogen-bond donors (Lipinski definition) is 2. The van der Waals surface area contributed by atoms with E-state index in [1.807, 2.05) is 0 Å². The third-order valence-corrected chi connectivity index (χ3v) is 8.18. The summed E-state index contributed by atoms with van der Waals surface area (Å²) in [6, 6.07) is 11.0. The van der Waals surface area contributed by atoms with Crippen LogP contribution in [0.2, 0.25) is 0 Å². The number of anilines is 1. The molecule has 2 aliphatic heterocycles. The lowest BCUT2D eigenvalue weighted by Crippen LogP contribution is -2.28. The SMILES string of the molecule is O=C(NCCOc1cccc(C(F)(F)F)c1)c1ccc(NC2=N[C@@H]3CS(=O)(=O)C[C@@H]3S2)cc1. The summed E-state index contributed by atoms with van der Waals surface area (Å²) in [5.74, 6) is -0.0644. The van der Waals surface area contributed by atoms with Gasteiger partial charge in [-0.1, -0.05) is 17.8 Å². The molecule has 2 atom stereocenters. The topological polar surface area (TPSA) is 96.9 Å². The number of amidine groups is 1. The molecule has 2 heterocycles. The van der Waals surface area contributed by atoms with Crippen molar-refractivity contribution >= 4 is 38.4 Å². The number of nitrogens with zero attached hydrogens (tertiary/aromatic N) is 1. The maximum absolute atomic E-state index is 12.7. The minimum absolute atomic E-state index is 0.0157. The van der Waals surface area contributed by atoms with Gasteiger partial charge in [-0.15, -0.1) is 0 Å². The Labute approximate surface area is 192 Å². The van der Waals surface area contributed by atoms with Crippen molar-refractivity contribution in [3.05, 3.63) is 59.7 Å². The summed E-state index contributed by atoms with van der Waals surface area (Å²) in [6.07, 6.45) is -4.45. The molecule has 33 heavy (non-hydrogen) atoms. The molecule has 0 bridgehead atoms. The van der Waals surface area contributed by atoms with Crippen LogP contribution in [0.3, 0.4) is 0 Å². The molecule has 0 radical (unpaired) electrons. The number of ether oxygens (including phenoxy) is 1. The van der Waals surface area contributed by atoms with Crippen molar-refractivity contribution in [2.75, 3.05) is 30.0 Å². The maximum atomic E-state index is 12.7. The molecule has 0 aromatic heterocycles. The zero-order chi connectivity index (χ0) is 23.6. The summed E-state index contributed by atoms with van der Waals surface area (Å²) < 4.78 is 66.7. The van der Waals surface area contributed by atoms with Gasteiger partial charge in [-0.2, -0.15) is 13.2 Å². The number of benzene rings is 2. The van der Waals surface area contributed by atoms with E-state index >= 15 is 0 Å². The van der Waals surface area contributed by atoms with Crippen LogP contribution in [0.15, 0.2) is 53.5 Å². The summed E-state index contributed by atoms with van der Waals surface area (Å²) in [5.41, 5.74) is 0.324. The van der Waals surface area contributed by atoms with Crippen molar-refractivity contribution in [2.24, 2.45) is 4.99 Å². The number of thioether (sulfide) groups is 1. The second-order valence-corrected chi connectivity index (χ2v) is 10.9. The fourth-order valence-electron chi connectivity index (χ4n) is 3.44. The number of rotatable bonds is 6. The lowest BCUT2D eigenvalue weighted by Gasteiger charge is -2.11. The standard InChI is InChI=1S/C21H20F3N3O4S2/c22-21(23,24)14-2-1-3-16(10-14)31-9-8-25-19(28)13-4-6-15(7-5-13)26-20-27-17-11-33(29,30)12-18(17)32-20/h1-7,10,17-18H,8-9,11-12H2,(H,25,28)(H,26,27)/t17-,18+/m1/s1. The summed E-state index contributed by atoms with van der Waals surface area (Å²) in [4.78, 5) is 16.7. The highest BCUT2D eigenvalue weighted by Gasteiger charge is 2.42. The van der Waals surface area contributed by atoms with E-state index in [9.17, 15) is 26.4 Å². The lowest BCUT2D eigenvalue weighted by molar-refractivity contribution is -0.137.